The maximum atomic E-state index is 13.8. The molecule has 3 aromatic rings. The average Bonchev–Trinajstić information content (AvgIpc) is 3.18. The molecule has 0 aromatic heterocycles. The third-order valence-corrected chi connectivity index (χ3v) is 6.58. The summed E-state index contributed by atoms with van der Waals surface area (Å²) >= 11 is 0. The number of hydrogen-bond acceptors (Lipinski definition) is 5. The summed E-state index contributed by atoms with van der Waals surface area (Å²) < 4.78 is 57.7. The molecular formula is C30H30F3NO5. The fraction of sp³-hybridized carbons (Fsp3) is 0.333. The summed E-state index contributed by atoms with van der Waals surface area (Å²) in [5.41, 5.74) is 1.84. The molecule has 6 nitrogen and oxygen atoms in total. The Morgan fingerprint density at radius 3 is 2.38 bits per heavy atom. The second kappa shape index (κ2) is 11.8. The zero-order chi connectivity index (χ0) is 28.2. The molecule has 1 heterocycles. The van der Waals surface area contributed by atoms with Gasteiger partial charge in [-0.1, -0.05) is 42.5 Å². The van der Waals surface area contributed by atoms with Crippen LogP contribution in [-0.4, -0.2) is 36.2 Å². The fourth-order valence-electron chi connectivity index (χ4n) is 4.71. The maximum absolute atomic E-state index is 13.8. The number of amides is 1. The summed E-state index contributed by atoms with van der Waals surface area (Å²) in [6.45, 7) is 5.77. The predicted molar refractivity (Wildman–Crippen MR) is 139 cm³/mol. The lowest BCUT2D eigenvalue weighted by Gasteiger charge is -2.24. The Labute approximate surface area is 225 Å². The first kappa shape index (κ1) is 28.0. The number of esters is 1. The van der Waals surface area contributed by atoms with Crippen molar-refractivity contribution in [1.82, 2.24) is 4.90 Å². The van der Waals surface area contributed by atoms with Gasteiger partial charge in [0.1, 0.15) is 11.9 Å². The van der Waals surface area contributed by atoms with Gasteiger partial charge in [-0.2, -0.15) is 13.2 Å². The van der Waals surface area contributed by atoms with E-state index in [4.69, 9.17) is 14.2 Å². The van der Waals surface area contributed by atoms with Gasteiger partial charge in [-0.3, -0.25) is 9.69 Å². The van der Waals surface area contributed by atoms with E-state index in [1.54, 1.807) is 39.0 Å². The van der Waals surface area contributed by atoms with Crippen LogP contribution in [0.3, 0.4) is 0 Å². The van der Waals surface area contributed by atoms with Crippen LogP contribution in [-0.2, 0) is 33.4 Å². The van der Waals surface area contributed by atoms with Crippen LogP contribution in [0.1, 0.15) is 49.1 Å². The summed E-state index contributed by atoms with van der Waals surface area (Å²) in [7, 11) is 0. The number of cyclic esters (lactones) is 1. The van der Waals surface area contributed by atoms with Gasteiger partial charge >= 0.3 is 18.2 Å². The lowest BCUT2D eigenvalue weighted by molar-refractivity contribution is -0.142. The Balaban J connectivity index is 1.77. The minimum Gasteiger partial charge on any atom is -0.493 e. The summed E-state index contributed by atoms with van der Waals surface area (Å²) in [4.78, 5) is 26.5. The van der Waals surface area contributed by atoms with Crippen molar-refractivity contribution in [2.45, 2.75) is 52.1 Å². The zero-order valence-electron chi connectivity index (χ0n) is 22.0. The van der Waals surface area contributed by atoms with Crippen LogP contribution < -0.4 is 4.74 Å². The van der Waals surface area contributed by atoms with Crippen LogP contribution in [0.2, 0.25) is 0 Å². The standard InChI is InChI=1S/C30H30F3NO5/c1-4-37-26-14-11-20(16-27(35)38-5-2)15-25(26)24-13-12-23(30(31,32)33)17-22(24)18-34-19(3)28(39-29(34)36)21-9-7-6-8-10-21/h6-15,17,19,28H,4-5,16,18H2,1-3H3. The number of halogens is 3. The molecule has 1 fully saturated rings. The first-order valence-corrected chi connectivity index (χ1v) is 12.8. The molecule has 0 N–H and O–H groups in total. The molecule has 0 spiro atoms. The van der Waals surface area contributed by atoms with Crippen LogP contribution >= 0.6 is 0 Å². The van der Waals surface area contributed by atoms with E-state index in [0.717, 1.165) is 17.7 Å². The molecule has 1 aliphatic rings. The van der Waals surface area contributed by atoms with Crippen LogP contribution in [0.4, 0.5) is 18.0 Å². The summed E-state index contributed by atoms with van der Waals surface area (Å²) in [5.74, 6) is 0.0335. The number of ether oxygens (including phenoxy) is 3. The van der Waals surface area contributed by atoms with Crippen molar-refractivity contribution in [1.29, 1.82) is 0 Å². The molecule has 0 aliphatic carbocycles. The van der Waals surface area contributed by atoms with Gasteiger partial charge < -0.3 is 14.2 Å². The van der Waals surface area contributed by atoms with E-state index in [9.17, 15) is 22.8 Å². The molecule has 2 unspecified atom stereocenters. The first-order valence-electron chi connectivity index (χ1n) is 12.8. The van der Waals surface area contributed by atoms with Crippen molar-refractivity contribution in [3.63, 3.8) is 0 Å². The summed E-state index contributed by atoms with van der Waals surface area (Å²) in [6, 6.07) is 17.3. The Bertz CT molecular complexity index is 1330. The van der Waals surface area contributed by atoms with E-state index >= 15 is 0 Å². The lowest BCUT2D eigenvalue weighted by atomic mass is 9.93. The van der Waals surface area contributed by atoms with Crippen molar-refractivity contribution < 1.29 is 37.0 Å². The molecule has 2 atom stereocenters. The second-order valence-corrected chi connectivity index (χ2v) is 9.20. The maximum Gasteiger partial charge on any atom is 0.416 e. The third kappa shape index (κ3) is 6.35. The molecule has 1 amide bonds. The zero-order valence-corrected chi connectivity index (χ0v) is 22.0. The van der Waals surface area contributed by atoms with Crippen molar-refractivity contribution >= 4 is 12.1 Å². The summed E-state index contributed by atoms with van der Waals surface area (Å²) in [5, 5.41) is 0. The fourth-order valence-corrected chi connectivity index (χ4v) is 4.71. The topological polar surface area (TPSA) is 65.1 Å². The van der Waals surface area contributed by atoms with Crippen LogP contribution in [0.5, 0.6) is 5.75 Å². The molecule has 0 radical (unpaired) electrons. The van der Waals surface area contributed by atoms with Crippen molar-refractivity contribution in [3.05, 3.63) is 89.0 Å². The number of nitrogens with zero attached hydrogens (tertiary/aromatic N) is 1. The monoisotopic (exact) mass is 541 g/mol. The van der Waals surface area contributed by atoms with Crippen LogP contribution in [0, 0.1) is 0 Å². The Morgan fingerprint density at radius 2 is 1.72 bits per heavy atom. The number of rotatable bonds is 9. The molecule has 3 aromatic carbocycles. The first-order chi connectivity index (χ1) is 18.6. The Morgan fingerprint density at radius 1 is 0.974 bits per heavy atom. The van der Waals surface area contributed by atoms with Gasteiger partial charge in [0.2, 0.25) is 0 Å². The number of hydrogen-bond donors (Lipinski definition) is 0. The largest absolute Gasteiger partial charge is 0.493 e. The quantitative estimate of drug-likeness (QED) is 0.274. The van der Waals surface area contributed by atoms with Crippen molar-refractivity contribution in [2.75, 3.05) is 13.2 Å². The molecule has 9 heteroatoms. The van der Waals surface area contributed by atoms with Crippen molar-refractivity contribution in [3.8, 4) is 16.9 Å². The van der Waals surface area contributed by atoms with Gasteiger partial charge in [0.25, 0.3) is 0 Å². The van der Waals surface area contributed by atoms with Gasteiger partial charge in [0.15, 0.2) is 0 Å². The third-order valence-electron chi connectivity index (χ3n) is 6.58. The highest BCUT2D eigenvalue weighted by molar-refractivity contribution is 5.78. The number of benzene rings is 3. The minimum absolute atomic E-state index is 0.00253. The van der Waals surface area contributed by atoms with Gasteiger partial charge in [0, 0.05) is 5.56 Å². The normalized spacial score (nSPS) is 17.2. The van der Waals surface area contributed by atoms with E-state index in [2.05, 4.69) is 0 Å². The van der Waals surface area contributed by atoms with Crippen LogP contribution in [0.25, 0.3) is 11.1 Å². The number of carbonyl (C=O) groups is 2. The van der Waals surface area contributed by atoms with E-state index in [1.807, 2.05) is 30.3 Å². The lowest BCUT2D eigenvalue weighted by Crippen LogP contribution is -2.31. The molecule has 1 aliphatic heterocycles. The molecule has 0 bridgehead atoms. The Hall–Kier alpha value is -4.01. The highest BCUT2D eigenvalue weighted by Crippen LogP contribution is 2.40. The Kier molecular flexibility index (Phi) is 8.47. The highest BCUT2D eigenvalue weighted by atomic mass is 19.4. The van der Waals surface area contributed by atoms with Crippen molar-refractivity contribution in [2.24, 2.45) is 0 Å². The molecule has 4 rings (SSSR count). The molecule has 0 saturated carbocycles. The van der Waals surface area contributed by atoms with E-state index in [0.29, 0.717) is 29.0 Å². The van der Waals surface area contributed by atoms with Gasteiger partial charge in [-0.25, -0.2) is 4.79 Å². The summed E-state index contributed by atoms with van der Waals surface area (Å²) in [6.07, 6.45) is -5.75. The second-order valence-electron chi connectivity index (χ2n) is 9.20. The smallest absolute Gasteiger partial charge is 0.416 e. The van der Waals surface area contributed by atoms with E-state index < -0.39 is 35.9 Å². The van der Waals surface area contributed by atoms with Gasteiger partial charge in [-0.05, 0) is 67.3 Å². The van der Waals surface area contributed by atoms with Crippen LogP contribution in [0.15, 0.2) is 66.7 Å². The molecular weight excluding hydrogens is 511 g/mol. The number of alkyl halides is 3. The molecule has 39 heavy (non-hydrogen) atoms. The average molecular weight is 542 g/mol. The van der Waals surface area contributed by atoms with Gasteiger partial charge in [-0.15, -0.1) is 0 Å². The van der Waals surface area contributed by atoms with E-state index in [-0.39, 0.29) is 25.1 Å². The van der Waals surface area contributed by atoms with E-state index in [1.165, 1.54) is 11.0 Å². The number of carbonyl (C=O) groups excluding carboxylic acids is 2. The molecule has 1 saturated heterocycles. The predicted octanol–water partition coefficient (Wildman–Crippen LogP) is 6.96. The SMILES string of the molecule is CCOC(=O)Cc1ccc(OCC)c(-c2ccc(C(F)(F)F)cc2CN2C(=O)OC(c3ccccc3)C2C)c1. The minimum atomic E-state index is -4.58. The molecule has 206 valence electrons. The highest BCUT2D eigenvalue weighted by Gasteiger charge is 2.40. The van der Waals surface area contributed by atoms with Gasteiger partial charge in [0.05, 0.1) is 37.8 Å².